The molecule has 2 aliphatic rings. The van der Waals surface area contributed by atoms with E-state index in [4.69, 9.17) is 0 Å². The Morgan fingerprint density at radius 1 is 1.14 bits per heavy atom. The van der Waals surface area contributed by atoms with Crippen molar-refractivity contribution in [3.8, 4) is 5.75 Å². The lowest BCUT2D eigenvalue weighted by Crippen LogP contribution is -2.24. The van der Waals surface area contributed by atoms with Gasteiger partial charge in [-0.15, -0.1) is 0 Å². The standard InChI is InChI=1S/C17H13F2NO2/c18-17(19)22-13-7-4-11(5-8-13)10-20-16(21)15-9-6-12-2-1-3-14(12)15/h1-9,17H,10H2,(H,20,21). The largest absolute Gasteiger partial charge is 0.435 e. The minimum absolute atomic E-state index is 0.0969. The number of carbonyl (C=O) groups is 1. The maximum absolute atomic E-state index is 12.2. The lowest BCUT2D eigenvalue weighted by atomic mass is 10.1. The van der Waals surface area contributed by atoms with Crippen molar-refractivity contribution in [2.75, 3.05) is 0 Å². The van der Waals surface area contributed by atoms with Crippen molar-refractivity contribution in [2.45, 2.75) is 13.2 Å². The summed E-state index contributed by atoms with van der Waals surface area (Å²) in [6.45, 7) is -2.52. The molecular weight excluding hydrogens is 288 g/mol. The number of amides is 1. The summed E-state index contributed by atoms with van der Waals surface area (Å²) in [7, 11) is 0. The van der Waals surface area contributed by atoms with Gasteiger partial charge in [0.2, 0.25) is 0 Å². The monoisotopic (exact) mass is 301 g/mol. The van der Waals surface area contributed by atoms with Gasteiger partial charge < -0.3 is 10.1 Å². The molecule has 0 fully saturated rings. The lowest BCUT2D eigenvalue weighted by Gasteiger charge is -2.08. The maximum atomic E-state index is 12.2. The zero-order valence-corrected chi connectivity index (χ0v) is 11.6. The van der Waals surface area contributed by atoms with Crippen LogP contribution in [0.4, 0.5) is 8.78 Å². The fourth-order valence-corrected chi connectivity index (χ4v) is 2.35. The van der Waals surface area contributed by atoms with Gasteiger partial charge in [-0.3, -0.25) is 4.79 Å². The maximum Gasteiger partial charge on any atom is 0.387 e. The van der Waals surface area contributed by atoms with Crippen molar-refractivity contribution < 1.29 is 18.3 Å². The molecule has 0 aromatic heterocycles. The highest BCUT2D eigenvalue weighted by Gasteiger charge is 2.19. The van der Waals surface area contributed by atoms with Gasteiger partial charge in [-0.05, 0) is 34.9 Å². The van der Waals surface area contributed by atoms with E-state index in [9.17, 15) is 13.6 Å². The van der Waals surface area contributed by atoms with Crippen LogP contribution in [0.5, 0.6) is 5.75 Å². The normalized spacial score (nSPS) is 15.3. The fourth-order valence-electron chi connectivity index (χ4n) is 2.35. The molecule has 0 saturated carbocycles. The molecule has 0 aliphatic heterocycles. The number of ether oxygens (including phenoxy) is 1. The average molecular weight is 301 g/mol. The van der Waals surface area contributed by atoms with Crippen molar-refractivity contribution in [3.63, 3.8) is 0 Å². The van der Waals surface area contributed by atoms with E-state index in [1.54, 1.807) is 18.2 Å². The predicted molar refractivity (Wildman–Crippen MR) is 78.3 cm³/mol. The van der Waals surface area contributed by atoms with E-state index < -0.39 is 6.61 Å². The number of hydrogen-bond donors (Lipinski definition) is 1. The van der Waals surface area contributed by atoms with Gasteiger partial charge in [0, 0.05) is 12.1 Å². The number of alkyl halides is 2. The van der Waals surface area contributed by atoms with Gasteiger partial charge in [0.05, 0.1) is 0 Å². The van der Waals surface area contributed by atoms with Gasteiger partial charge in [0.1, 0.15) is 5.75 Å². The fraction of sp³-hybridized carbons (Fsp3) is 0.118. The van der Waals surface area contributed by atoms with Crippen LogP contribution in [-0.4, -0.2) is 12.5 Å². The molecule has 5 heteroatoms. The Balaban J connectivity index is 1.60. The second-order valence-electron chi connectivity index (χ2n) is 4.85. The van der Waals surface area contributed by atoms with Crippen molar-refractivity contribution in [3.05, 3.63) is 76.9 Å². The minimum atomic E-state index is -2.84. The molecule has 22 heavy (non-hydrogen) atoms. The number of halogens is 2. The van der Waals surface area contributed by atoms with Gasteiger partial charge >= 0.3 is 6.61 Å². The van der Waals surface area contributed by atoms with E-state index in [1.807, 2.05) is 24.3 Å². The smallest absolute Gasteiger partial charge is 0.387 e. The van der Waals surface area contributed by atoms with Crippen LogP contribution in [0.3, 0.4) is 0 Å². The van der Waals surface area contributed by atoms with Crippen LogP contribution in [0.15, 0.2) is 71.4 Å². The zero-order chi connectivity index (χ0) is 15.5. The summed E-state index contributed by atoms with van der Waals surface area (Å²) in [5.41, 5.74) is 3.41. The molecule has 0 atom stereocenters. The Labute approximate surface area is 126 Å². The summed E-state index contributed by atoms with van der Waals surface area (Å²) in [5.74, 6) is -0.0614. The van der Waals surface area contributed by atoms with Gasteiger partial charge in [-0.1, -0.05) is 36.4 Å². The lowest BCUT2D eigenvalue weighted by molar-refractivity contribution is -0.117. The number of benzene rings is 1. The third kappa shape index (κ3) is 2.98. The Hall–Kier alpha value is -2.69. The van der Waals surface area contributed by atoms with Crippen molar-refractivity contribution >= 4 is 5.91 Å². The summed E-state index contributed by atoms with van der Waals surface area (Å²) < 4.78 is 28.4. The van der Waals surface area contributed by atoms with Gasteiger partial charge in [0.15, 0.2) is 0 Å². The molecule has 3 rings (SSSR count). The van der Waals surface area contributed by atoms with Crippen LogP contribution in [0.2, 0.25) is 0 Å². The Morgan fingerprint density at radius 2 is 1.91 bits per heavy atom. The second-order valence-corrected chi connectivity index (χ2v) is 4.85. The first-order chi connectivity index (χ1) is 10.6. The average Bonchev–Trinajstić information content (AvgIpc) is 3.08. The topological polar surface area (TPSA) is 38.3 Å². The molecule has 0 radical (unpaired) electrons. The van der Waals surface area contributed by atoms with E-state index in [0.717, 1.165) is 16.7 Å². The van der Waals surface area contributed by atoms with Crippen LogP contribution in [0, 0.1) is 0 Å². The molecular formula is C17H13F2NO2. The SMILES string of the molecule is O=C(NCc1ccc(OC(F)F)cc1)C1=C2C=CC=C2C=C1. The number of carbonyl (C=O) groups excluding carboxylic acids is 1. The highest BCUT2D eigenvalue weighted by atomic mass is 19.3. The number of hydrogen-bond acceptors (Lipinski definition) is 2. The summed E-state index contributed by atoms with van der Waals surface area (Å²) in [6, 6.07) is 6.18. The van der Waals surface area contributed by atoms with E-state index in [1.165, 1.54) is 12.1 Å². The number of allylic oxidation sites excluding steroid dienone is 6. The predicted octanol–water partition coefficient (Wildman–Crippen LogP) is 3.27. The molecule has 1 aromatic carbocycles. The van der Waals surface area contributed by atoms with E-state index >= 15 is 0 Å². The van der Waals surface area contributed by atoms with Crippen molar-refractivity contribution in [1.29, 1.82) is 0 Å². The third-order valence-corrected chi connectivity index (χ3v) is 3.42. The summed E-state index contributed by atoms with van der Waals surface area (Å²) in [5, 5.41) is 2.82. The van der Waals surface area contributed by atoms with Gasteiger partial charge in [-0.2, -0.15) is 8.78 Å². The molecule has 0 unspecified atom stereocenters. The van der Waals surface area contributed by atoms with Crippen LogP contribution in [0.25, 0.3) is 0 Å². The number of rotatable bonds is 5. The minimum Gasteiger partial charge on any atom is -0.435 e. The first-order valence-electron chi connectivity index (χ1n) is 6.76. The summed E-state index contributed by atoms with van der Waals surface area (Å²) in [6.07, 6.45) is 9.46. The van der Waals surface area contributed by atoms with Gasteiger partial charge in [-0.25, -0.2) is 0 Å². The van der Waals surface area contributed by atoms with E-state index in [0.29, 0.717) is 12.1 Å². The Kier molecular flexibility index (Phi) is 3.87. The van der Waals surface area contributed by atoms with E-state index in [-0.39, 0.29) is 11.7 Å². The molecule has 0 heterocycles. The number of fused-ring (bicyclic) bond motifs is 1. The Bertz CT molecular complexity index is 713. The molecule has 0 saturated heterocycles. The van der Waals surface area contributed by atoms with Crippen molar-refractivity contribution in [1.82, 2.24) is 5.32 Å². The molecule has 1 N–H and O–H groups in total. The quantitative estimate of drug-likeness (QED) is 0.906. The summed E-state index contributed by atoms with van der Waals surface area (Å²) in [4.78, 5) is 12.2. The first-order valence-corrected chi connectivity index (χ1v) is 6.76. The van der Waals surface area contributed by atoms with Crippen LogP contribution < -0.4 is 10.1 Å². The molecule has 112 valence electrons. The molecule has 1 amide bonds. The van der Waals surface area contributed by atoms with E-state index in [2.05, 4.69) is 10.1 Å². The number of nitrogens with one attached hydrogen (secondary N) is 1. The highest BCUT2D eigenvalue weighted by molar-refractivity contribution is 6.00. The molecule has 1 aromatic rings. The van der Waals surface area contributed by atoms with Gasteiger partial charge in [0.25, 0.3) is 5.91 Å². The molecule has 3 nitrogen and oxygen atoms in total. The first kappa shape index (κ1) is 14.3. The van der Waals surface area contributed by atoms with Crippen LogP contribution in [-0.2, 0) is 11.3 Å². The third-order valence-electron chi connectivity index (χ3n) is 3.42. The molecule has 0 spiro atoms. The second kappa shape index (κ2) is 5.97. The molecule has 2 aliphatic carbocycles. The van der Waals surface area contributed by atoms with Crippen molar-refractivity contribution in [2.24, 2.45) is 0 Å². The molecule has 0 bridgehead atoms. The zero-order valence-electron chi connectivity index (χ0n) is 11.6. The summed E-state index contributed by atoms with van der Waals surface area (Å²) >= 11 is 0. The highest BCUT2D eigenvalue weighted by Crippen LogP contribution is 2.29. The Morgan fingerprint density at radius 3 is 2.64 bits per heavy atom. The van der Waals surface area contributed by atoms with Crippen LogP contribution in [0.1, 0.15) is 5.56 Å². The van der Waals surface area contributed by atoms with Crippen LogP contribution >= 0.6 is 0 Å².